The summed E-state index contributed by atoms with van der Waals surface area (Å²) in [5.74, 6) is -2.32. The van der Waals surface area contributed by atoms with Crippen molar-refractivity contribution in [1.29, 1.82) is 0 Å². The first-order valence-electron chi connectivity index (χ1n) is 6.02. The molecule has 0 radical (unpaired) electrons. The van der Waals surface area contributed by atoms with Gasteiger partial charge in [0.15, 0.2) is 6.61 Å². The first-order chi connectivity index (χ1) is 10.0. The van der Waals surface area contributed by atoms with E-state index < -0.39 is 24.5 Å². The maximum atomic E-state index is 11.4. The molecule has 0 aliphatic heterocycles. The molecule has 0 fully saturated rings. The third kappa shape index (κ3) is 6.76. The summed E-state index contributed by atoms with van der Waals surface area (Å²) in [5.41, 5.74) is 0. The fourth-order valence-electron chi connectivity index (χ4n) is 1.21. The van der Waals surface area contributed by atoms with Crippen LogP contribution in [0.5, 0.6) is 11.5 Å². The van der Waals surface area contributed by atoms with Crippen molar-refractivity contribution < 1.29 is 33.7 Å². The number of hydrogen-bond donors (Lipinski definition) is 1. The summed E-state index contributed by atoms with van der Waals surface area (Å²) in [6.45, 7) is 1.19. The molecule has 0 atom stereocenters. The molecule has 7 nitrogen and oxygen atoms in total. The molecule has 0 aliphatic carbocycles. The van der Waals surface area contributed by atoms with Crippen molar-refractivity contribution in [1.82, 2.24) is 0 Å². The third-order valence-electron chi connectivity index (χ3n) is 2.02. The Balaban J connectivity index is 2.36. The summed E-state index contributed by atoms with van der Waals surface area (Å²) in [6, 6.07) is 5.60. The Bertz CT molecular complexity index is 548. The van der Waals surface area contributed by atoms with Crippen molar-refractivity contribution in [3.63, 3.8) is 0 Å². The minimum Gasteiger partial charge on any atom is -0.508 e. The first kappa shape index (κ1) is 16.2. The highest BCUT2D eigenvalue weighted by Crippen LogP contribution is 2.17. The lowest BCUT2D eigenvalue weighted by Gasteiger charge is -2.04. The fourth-order valence-corrected chi connectivity index (χ4v) is 1.21. The van der Waals surface area contributed by atoms with Crippen LogP contribution < -0.4 is 4.74 Å². The molecular weight excluding hydrogens is 280 g/mol. The Kier molecular flexibility index (Phi) is 6.46. The molecule has 0 unspecified atom stereocenters. The van der Waals surface area contributed by atoms with Crippen LogP contribution in [0.2, 0.25) is 0 Å². The van der Waals surface area contributed by atoms with Gasteiger partial charge in [0.2, 0.25) is 0 Å². The van der Waals surface area contributed by atoms with Crippen LogP contribution in [0, 0.1) is 0 Å². The van der Waals surface area contributed by atoms with Crippen molar-refractivity contribution in [2.24, 2.45) is 0 Å². The minimum absolute atomic E-state index is 0.0605. The summed E-state index contributed by atoms with van der Waals surface area (Å²) in [5, 5.41) is 9.18. The molecule has 0 aromatic heterocycles. The predicted octanol–water partition coefficient (Wildman–Crippen LogP) is 0.960. The normalized spacial score (nSPS) is 10.1. The molecule has 0 heterocycles. The summed E-state index contributed by atoms with van der Waals surface area (Å²) in [7, 11) is 0. The topological polar surface area (TPSA) is 99.1 Å². The fraction of sp³-hybridized carbons (Fsp3) is 0.214. The molecule has 1 rings (SSSR count). The number of carbonyl (C=O) groups excluding carboxylic acids is 3. The molecule has 0 amide bonds. The van der Waals surface area contributed by atoms with Crippen molar-refractivity contribution in [3.8, 4) is 11.5 Å². The SMILES string of the molecule is CCOC(=O)/C=C/C(=O)OCC(=O)Oc1cccc(O)c1. The monoisotopic (exact) mass is 294 g/mol. The zero-order valence-corrected chi connectivity index (χ0v) is 11.3. The van der Waals surface area contributed by atoms with Crippen LogP contribution in [0.4, 0.5) is 0 Å². The molecule has 21 heavy (non-hydrogen) atoms. The van der Waals surface area contributed by atoms with Gasteiger partial charge in [-0.3, -0.25) is 0 Å². The van der Waals surface area contributed by atoms with E-state index in [9.17, 15) is 19.5 Å². The second-order valence-electron chi connectivity index (χ2n) is 3.66. The van der Waals surface area contributed by atoms with E-state index in [1.165, 1.54) is 24.3 Å². The Labute approximate surface area is 120 Å². The molecule has 0 saturated carbocycles. The zero-order chi connectivity index (χ0) is 15.7. The smallest absolute Gasteiger partial charge is 0.349 e. The molecule has 0 aliphatic rings. The van der Waals surface area contributed by atoms with Gasteiger partial charge in [-0.05, 0) is 19.1 Å². The Hall–Kier alpha value is -2.83. The summed E-state index contributed by atoms with van der Waals surface area (Å²) >= 11 is 0. The summed E-state index contributed by atoms with van der Waals surface area (Å²) < 4.78 is 13.9. The van der Waals surface area contributed by atoms with Crippen LogP contribution in [-0.2, 0) is 23.9 Å². The number of ether oxygens (including phenoxy) is 3. The van der Waals surface area contributed by atoms with E-state index in [1.54, 1.807) is 6.92 Å². The number of phenolic OH excluding ortho intramolecular Hbond substituents is 1. The van der Waals surface area contributed by atoms with Gasteiger partial charge in [-0.25, -0.2) is 14.4 Å². The summed E-state index contributed by atoms with van der Waals surface area (Å²) in [4.78, 5) is 33.5. The van der Waals surface area contributed by atoms with Gasteiger partial charge in [0.1, 0.15) is 11.5 Å². The lowest BCUT2D eigenvalue weighted by molar-refractivity contribution is -0.150. The van der Waals surface area contributed by atoms with Gasteiger partial charge >= 0.3 is 17.9 Å². The standard InChI is InChI=1S/C14H14O7/c1-2-19-12(16)6-7-13(17)20-9-14(18)21-11-5-3-4-10(15)8-11/h3-8,15H,2,9H2,1H3/b7-6+. The highest BCUT2D eigenvalue weighted by atomic mass is 16.6. The number of benzene rings is 1. The Morgan fingerprint density at radius 1 is 1.14 bits per heavy atom. The van der Waals surface area contributed by atoms with Crippen molar-refractivity contribution in [3.05, 3.63) is 36.4 Å². The van der Waals surface area contributed by atoms with Crippen LogP contribution in [0.3, 0.4) is 0 Å². The number of carbonyl (C=O) groups is 3. The van der Waals surface area contributed by atoms with Crippen LogP contribution in [0.1, 0.15) is 6.92 Å². The highest BCUT2D eigenvalue weighted by molar-refractivity contribution is 5.92. The maximum Gasteiger partial charge on any atom is 0.349 e. The molecule has 1 N–H and O–H groups in total. The predicted molar refractivity (Wildman–Crippen MR) is 70.5 cm³/mol. The highest BCUT2D eigenvalue weighted by Gasteiger charge is 2.08. The molecular formula is C14H14O7. The van der Waals surface area contributed by atoms with E-state index >= 15 is 0 Å². The third-order valence-corrected chi connectivity index (χ3v) is 2.02. The average molecular weight is 294 g/mol. The van der Waals surface area contributed by atoms with E-state index in [4.69, 9.17) is 4.74 Å². The number of esters is 3. The van der Waals surface area contributed by atoms with Gasteiger partial charge in [0.05, 0.1) is 6.61 Å². The lowest BCUT2D eigenvalue weighted by atomic mass is 10.3. The van der Waals surface area contributed by atoms with E-state index in [2.05, 4.69) is 9.47 Å². The zero-order valence-electron chi connectivity index (χ0n) is 11.3. The molecule has 0 spiro atoms. The van der Waals surface area contributed by atoms with Crippen molar-refractivity contribution in [2.75, 3.05) is 13.2 Å². The lowest BCUT2D eigenvalue weighted by Crippen LogP contribution is -2.18. The number of aromatic hydroxyl groups is 1. The first-order valence-corrected chi connectivity index (χ1v) is 6.02. The van der Waals surface area contributed by atoms with Gasteiger partial charge in [-0.2, -0.15) is 0 Å². The number of hydrogen-bond acceptors (Lipinski definition) is 7. The second-order valence-corrected chi connectivity index (χ2v) is 3.66. The largest absolute Gasteiger partial charge is 0.508 e. The van der Waals surface area contributed by atoms with Crippen LogP contribution in [0.15, 0.2) is 36.4 Å². The minimum atomic E-state index is -0.879. The Morgan fingerprint density at radius 3 is 2.43 bits per heavy atom. The van der Waals surface area contributed by atoms with Gasteiger partial charge in [-0.1, -0.05) is 6.07 Å². The van der Waals surface area contributed by atoms with Gasteiger partial charge in [0.25, 0.3) is 0 Å². The maximum absolute atomic E-state index is 11.4. The molecule has 1 aromatic carbocycles. The van der Waals surface area contributed by atoms with E-state index in [1.807, 2.05) is 0 Å². The molecule has 0 saturated heterocycles. The van der Waals surface area contributed by atoms with Gasteiger partial charge < -0.3 is 19.3 Å². The summed E-state index contributed by atoms with van der Waals surface area (Å²) in [6.07, 6.45) is 1.74. The van der Waals surface area contributed by atoms with E-state index in [-0.39, 0.29) is 18.1 Å². The van der Waals surface area contributed by atoms with Crippen LogP contribution >= 0.6 is 0 Å². The number of phenols is 1. The average Bonchev–Trinajstić information content (AvgIpc) is 2.43. The number of rotatable bonds is 6. The second kappa shape index (κ2) is 8.36. The molecule has 1 aromatic rings. The van der Waals surface area contributed by atoms with Crippen LogP contribution in [0.25, 0.3) is 0 Å². The van der Waals surface area contributed by atoms with Crippen molar-refractivity contribution >= 4 is 17.9 Å². The Morgan fingerprint density at radius 2 is 1.81 bits per heavy atom. The molecule has 112 valence electrons. The van der Waals surface area contributed by atoms with Gasteiger partial charge in [0, 0.05) is 18.2 Å². The van der Waals surface area contributed by atoms with Gasteiger partial charge in [-0.15, -0.1) is 0 Å². The van der Waals surface area contributed by atoms with E-state index in [0.717, 1.165) is 12.2 Å². The molecule has 0 bridgehead atoms. The van der Waals surface area contributed by atoms with E-state index in [0.29, 0.717) is 0 Å². The quantitative estimate of drug-likeness (QED) is 0.474. The van der Waals surface area contributed by atoms with Crippen molar-refractivity contribution in [2.45, 2.75) is 6.92 Å². The molecule has 7 heteroatoms. The van der Waals surface area contributed by atoms with Crippen LogP contribution in [-0.4, -0.2) is 36.2 Å².